The Kier molecular flexibility index (Phi) is 3.54. The van der Waals surface area contributed by atoms with Gasteiger partial charge in [0.05, 0.1) is 16.0 Å². The summed E-state index contributed by atoms with van der Waals surface area (Å²) in [5.41, 5.74) is 7.34. The molecule has 1 aromatic carbocycles. The van der Waals surface area contributed by atoms with Crippen molar-refractivity contribution in [2.24, 2.45) is 0 Å². The average molecular weight is 334 g/mol. The molecule has 0 unspecified atom stereocenters. The van der Waals surface area contributed by atoms with Crippen LogP contribution in [0.4, 0.5) is 11.5 Å². The van der Waals surface area contributed by atoms with Crippen molar-refractivity contribution in [3.8, 4) is 5.69 Å². The number of hydrogen-bond donors (Lipinski definition) is 2. The zero-order valence-electron chi connectivity index (χ0n) is 11.3. The molecule has 0 atom stereocenters. The molecule has 2 aromatic heterocycles. The number of nitro benzene ring substituents is 1. The van der Waals surface area contributed by atoms with Crippen LogP contribution in [0.1, 0.15) is 0 Å². The molecule has 0 saturated carbocycles. The fourth-order valence-electron chi connectivity index (χ4n) is 2.11. The van der Waals surface area contributed by atoms with Gasteiger partial charge in [-0.1, -0.05) is 0 Å². The van der Waals surface area contributed by atoms with Crippen LogP contribution in [0, 0.1) is 14.9 Å². The standard InChI is InChI=1S/C12H10N6O2S2/c1-22-11-8-9(13)17(12(21)14-10(8)15-16-11)6-2-4-7(5-3-6)18(19)20/h2-5H,13H2,1H3,(H,14,15,21). The SMILES string of the molecule is CSc1n[nH]c2nc(=S)n(-c3ccc([N+](=O)[O-])cc3)c(N)c12. The molecule has 0 amide bonds. The average Bonchev–Trinajstić information content (AvgIpc) is 2.90. The Bertz CT molecular complexity index is 931. The maximum atomic E-state index is 10.7. The van der Waals surface area contributed by atoms with Crippen molar-refractivity contribution < 1.29 is 4.92 Å². The maximum absolute atomic E-state index is 10.7. The molecule has 10 heteroatoms. The van der Waals surface area contributed by atoms with E-state index in [-0.39, 0.29) is 10.5 Å². The minimum Gasteiger partial charge on any atom is -0.384 e. The molecule has 3 rings (SSSR count). The van der Waals surface area contributed by atoms with Crippen molar-refractivity contribution in [2.75, 3.05) is 12.0 Å². The minimum absolute atomic E-state index is 0.00371. The van der Waals surface area contributed by atoms with Crippen LogP contribution in [-0.2, 0) is 0 Å². The number of aromatic amines is 1. The Morgan fingerprint density at radius 2 is 2.09 bits per heavy atom. The number of thioether (sulfide) groups is 1. The number of nitrogens with two attached hydrogens (primary N) is 1. The minimum atomic E-state index is -0.463. The number of benzene rings is 1. The lowest BCUT2D eigenvalue weighted by Gasteiger charge is -2.11. The molecule has 2 heterocycles. The van der Waals surface area contributed by atoms with Crippen LogP contribution < -0.4 is 5.73 Å². The first-order chi connectivity index (χ1) is 10.5. The molecule has 0 bridgehead atoms. The molecule has 0 aliphatic heterocycles. The number of nitrogens with zero attached hydrogens (tertiary/aromatic N) is 4. The van der Waals surface area contributed by atoms with E-state index in [0.717, 1.165) is 0 Å². The summed E-state index contributed by atoms with van der Waals surface area (Å²) in [5.74, 6) is 0.391. The van der Waals surface area contributed by atoms with Crippen molar-refractivity contribution in [2.45, 2.75) is 5.03 Å². The molecule has 0 aliphatic rings. The largest absolute Gasteiger partial charge is 0.384 e. The molecule has 112 valence electrons. The highest BCUT2D eigenvalue weighted by Crippen LogP contribution is 2.29. The molecule has 3 aromatic rings. The normalized spacial score (nSPS) is 11.0. The smallest absolute Gasteiger partial charge is 0.269 e. The summed E-state index contributed by atoms with van der Waals surface area (Å²) in [4.78, 5) is 14.5. The van der Waals surface area contributed by atoms with Gasteiger partial charge in [0.25, 0.3) is 5.69 Å². The highest BCUT2D eigenvalue weighted by Gasteiger charge is 2.15. The maximum Gasteiger partial charge on any atom is 0.269 e. The Hall–Kier alpha value is -2.46. The van der Waals surface area contributed by atoms with Crippen molar-refractivity contribution in [1.82, 2.24) is 19.7 Å². The predicted molar refractivity (Wildman–Crippen MR) is 86.9 cm³/mol. The van der Waals surface area contributed by atoms with Gasteiger partial charge in [-0.2, -0.15) is 10.1 Å². The van der Waals surface area contributed by atoms with E-state index in [4.69, 9.17) is 18.0 Å². The second-order valence-corrected chi connectivity index (χ2v) is 5.51. The number of hydrogen-bond acceptors (Lipinski definition) is 7. The molecule has 8 nitrogen and oxygen atoms in total. The summed E-state index contributed by atoms with van der Waals surface area (Å²) < 4.78 is 1.81. The van der Waals surface area contributed by atoms with E-state index in [2.05, 4.69) is 15.2 Å². The van der Waals surface area contributed by atoms with Gasteiger partial charge in [0.15, 0.2) is 5.65 Å². The number of aromatic nitrogens is 4. The number of fused-ring (bicyclic) bond motifs is 1. The summed E-state index contributed by atoms with van der Waals surface area (Å²) in [7, 11) is 0. The zero-order chi connectivity index (χ0) is 15.9. The lowest BCUT2D eigenvalue weighted by Crippen LogP contribution is -2.07. The highest BCUT2D eigenvalue weighted by atomic mass is 32.2. The number of nitrogen functional groups attached to an aromatic ring is 1. The number of non-ortho nitro benzene ring substituents is 1. The van der Waals surface area contributed by atoms with Crippen LogP contribution in [-0.4, -0.2) is 30.9 Å². The monoisotopic (exact) mass is 334 g/mol. The van der Waals surface area contributed by atoms with Crippen LogP contribution >= 0.6 is 24.0 Å². The van der Waals surface area contributed by atoms with E-state index in [1.807, 2.05) is 6.26 Å². The first kappa shape index (κ1) is 14.5. The Labute approximate surface area is 133 Å². The Morgan fingerprint density at radius 3 is 2.68 bits per heavy atom. The fourth-order valence-corrected chi connectivity index (χ4v) is 2.95. The second kappa shape index (κ2) is 5.39. The summed E-state index contributed by atoms with van der Waals surface area (Å²) in [5, 5.41) is 19.1. The van der Waals surface area contributed by atoms with E-state index in [0.29, 0.717) is 27.6 Å². The van der Waals surface area contributed by atoms with Crippen LogP contribution in [0.25, 0.3) is 16.7 Å². The number of anilines is 1. The molecule has 0 aliphatic carbocycles. The number of H-pyrrole nitrogens is 1. The lowest BCUT2D eigenvalue weighted by atomic mass is 10.2. The summed E-state index contributed by atoms with van der Waals surface area (Å²) in [6, 6.07) is 5.95. The van der Waals surface area contributed by atoms with Gasteiger partial charge < -0.3 is 5.73 Å². The van der Waals surface area contributed by atoms with Crippen molar-refractivity contribution in [3.05, 3.63) is 39.2 Å². The molecule has 0 radical (unpaired) electrons. The summed E-state index contributed by atoms with van der Waals surface area (Å²) >= 11 is 6.70. The molecule has 0 saturated heterocycles. The molecular weight excluding hydrogens is 324 g/mol. The molecule has 3 N–H and O–H groups in total. The second-order valence-electron chi connectivity index (χ2n) is 4.35. The van der Waals surface area contributed by atoms with Gasteiger partial charge in [-0.05, 0) is 30.6 Å². The number of nitrogens with one attached hydrogen (secondary N) is 1. The molecule has 22 heavy (non-hydrogen) atoms. The Balaban J connectivity index is 2.25. The van der Waals surface area contributed by atoms with Gasteiger partial charge in [0.2, 0.25) is 4.77 Å². The Morgan fingerprint density at radius 1 is 1.41 bits per heavy atom. The fraction of sp³-hybridized carbons (Fsp3) is 0.0833. The number of rotatable bonds is 3. The van der Waals surface area contributed by atoms with Gasteiger partial charge in [-0.15, -0.1) is 11.8 Å². The van der Waals surface area contributed by atoms with Gasteiger partial charge in [0.1, 0.15) is 10.8 Å². The predicted octanol–water partition coefficient (Wildman–Crippen LogP) is 2.69. The summed E-state index contributed by atoms with van der Waals surface area (Å²) in [6.45, 7) is 0. The van der Waals surface area contributed by atoms with Crippen LogP contribution in [0.2, 0.25) is 0 Å². The lowest BCUT2D eigenvalue weighted by molar-refractivity contribution is -0.384. The zero-order valence-corrected chi connectivity index (χ0v) is 12.9. The third kappa shape index (κ3) is 2.22. The molecule has 0 fully saturated rings. The topological polar surface area (TPSA) is 116 Å². The van der Waals surface area contributed by atoms with Crippen LogP contribution in [0.3, 0.4) is 0 Å². The van der Waals surface area contributed by atoms with E-state index in [1.165, 1.54) is 23.9 Å². The van der Waals surface area contributed by atoms with Crippen LogP contribution in [0.5, 0.6) is 0 Å². The van der Waals surface area contributed by atoms with E-state index in [1.54, 1.807) is 16.7 Å². The van der Waals surface area contributed by atoms with Gasteiger partial charge in [-0.3, -0.25) is 19.8 Å². The van der Waals surface area contributed by atoms with E-state index < -0.39 is 4.92 Å². The summed E-state index contributed by atoms with van der Waals surface area (Å²) in [6.07, 6.45) is 1.88. The first-order valence-electron chi connectivity index (χ1n) is 6.08. The van der Waals surface area contributed by atoms with Gasteiger partial charge >= 0.3 is 0 Å². The van der Waals surface area contributed by atoms with Crippen molar-refractivity contribution in [3.63, 3.8) is 0 Å². The van der Waals surface area contributed by atoms with Crippen LogP contribution in [0.15, 0.2) is 29.3 Å². The number of nitro groups is 1. The highest BCUT2D eigenvalue weighted by molar-refractivity contribution is 7.98. The molecular formula is C12H10N6O2S2. The van der Waals surface area contributed by atoms with E-state index in [9.17, 15) is 10.1 Å². The third-order valence-electron chi connectivity index (χ3n) is 3.12. The first-order valence-corrected chi connectivity index (χ1v) is 7.71. The van der Waals surface area contributed by atoms with E-state index >= 15 is 0 Å². The van der Waals surface area contributed by atoms with Gasteiger partial charge in [0, 0.05) is 12.1 Å². The van der Waals surface area contributed by atoms with Crippen molar-refractivity contribution >= 4 is 46.5 Å². The third-order valence-corrected chi connectivity index (χ3v) is 4.08. The van der Waals surface area contributed by atoms with Gasteiger partial charge in [-0.25, -0.2) is 0 Å². The quantitative estimate of drug-likeness (QED) is 0.327. The molecule has 0 spiro atoms. The van der Waals surface area contributed by atoms with Crippen molar-refractivity contribution in [1.29, 1.82) is 0 Å².